The van der Waals surface area contributed by atoms with Crippen LogP contribution in [0.15, 0.2) is 43.0 Å². The number of hydrogen-bond donors (Lipinski definition) is 1. The number of allylic oxidation sites excluding steroid dienone is 2. The minimum atomic E-state index is -2.85. The van der Waals surface area contributed by atoms with Crippen molar-refractivity contribution in [1.82, 2.24) is 19.7 Å². The van der Waals surface area contributed by atoms with Crippen molar-refractivity contribution in [2.75, 3.05) is 30.3 Å². The molecule has 0 amide bonds. The van der Waals surface area contributed by atoms with E-state index < -0.39 is 9.84 Å². The SMILES string of the molecule is C=C/C=C(/c1ccc(CN2CCS(=O)(=O)CC2)cc1)n1nc(N)nc1C. The molecule has 0 atom stereocenters. The number of rotatable bonds is 5. The number of hydrogen-bond acceptors (Lipinski definition) is 6. The normalized spacial score (nSPS) is 18.0. The van der Waals surface area contributed by atoms with Gasteiger partial charge in [-0.25, -0.2) is 13.1 Å². The molecule has 2 heterocycles. The molecule has 0 bridgehead atoms. The zero-order chi connectivity index (χ0) is 18.7. The lowest BCUT2D eigenvalue weighted by atomic mass is 10.1. The zero-order valence-corrected chi connectivity index (χ0v) is 15.6. The van der Waals surface area contributed by atoms with Crippen LogP contribution in [-0.2, 0) is 16.4 Å². The quantitative estimate of drug-likeness (QED) is 0.798. The summed E-state index contributed by atoms with van der Waals surface area (Å²) in [7, 11) is -2.85. The van der Waals surface area contributed by atoms with Crippen LogP contribution in [-0.4, -0.2) is 52.7 Å². The summed E-state index contributed by atoms with van der Waals surface area (Å²) >= 11 is 0. The second-order valence-corrected chi connectivity index (χ2v) is 8.65. The Balaban J connectivity index is 1.76. The average molecular weight is 373 g/mol. The van der Waals surface area contributed by atoms with E-state index in [0.29, 0.717) is 18.9 Å². The van der Waals surface area contributed by atoms with E-state index in [1.54, 1.807) is 10.8 Å². The number of nitrogen functional groups attached to an aromatic ring is 1. The molecule has 2 N–H and O–H groups in total. The van der Waals surface area contributed by atoms with Crippen LogP contribution in [0.4, 0.5) is 5.95 Å². The number of aryl methyl sites for hydroxylation is 1. The molecule has 0 saturated carbocycles. The highest BCUT2D eigenvalue weighted by molar-refractivity contribution is 7.91. The number of anilines is 1. The molecule has 138 valence electrons. The molecule has 0 spiro atoms. The second kappa shape index (κ2) is 7.43. The topological polar surface area (TPSA) is 94.1 Å². The molecule has 3 rings (SSSR count). The van der Waals surface area contributed by atoms with Crippen molar-refractivity contribution in [1.29, 1.82) is 0 Å². The number of sulfone groups is 1. The first-order chi connectivity index (χ1) is 12.4. The standard InChI is InChI=1S/C18H23N5O2S/c1-3-4-17(23-14(2)20-18(19)21-23)16-7-5-15(6-8-16)13-22-9-11-26(24,25)12-10-22/h3-8H,1,9-13H2,2H3,(H2,19,21)/b17-4-. The van der Waals surface area contributed by atoms with Crippen LogP contribution < -0.4 is 5.73 Å². The van der Waals surface area contributed by atoms with Gasteiger partial charge in [0.2, 0.25) is 5.95 Å². The fraction of sp³-hybridized carbons (Fsp3) is 0.333. The van der Waals surface area contributed by atoms with Crippen LogP contribution >= 0.6 is 0 Å². The van der Waals surface area contributed by atoms with Crippen molar-refractivity contribution in [3.63, 3.8) is 0 Å². The van der Waals surface area contributed by atoms with Crippen molar-refractivity contribution >= 4 is 21.5 Å². The third kappa shape index (κ3) is 4.20. The van der Waals surface area contributed by atoms with E-state index in [1.165, 1.54) is 0 Å². The fourth-order valence-electron chi connectivity index (χ4n) is 2.99. The summed E-state index contributed by atoms with van der Waals surface area (Å²) in [6.07, 6.45) is 3.57. The number of nitrogens with two attached hydrogens (primary N) is 1. The molecule has 0 unspecified atom stereocenters. The highest BCUT2D eigenvalue weighted by Crippen LogP contribution is 2.20. The summed E-state index contributed by atoms with van der Waals surface area (Å²) in [5.41, 5.74) is 8.65. The van der Waals surface area contributed by atoms with E-state index in [4.69, 9.17) is 5.73 Å². The Morgan fingerprint density at radius 2 is 1.92 bits per heavy atom. The zero-order valence-electron chi connectivity index (χ0n) is 14.8. The lowest BCUT2D eigenvalue weighted by molar-refractivity contribution is 0.287. The molecule has 26 heavy (non-hydrogen) atoms. The predicted octanol–water partition coefficient (Wildman–Crippen LogP) is 1.47. The third-order valence-electron chi connectivity index (χ3n) is 4.38. The van der Waals surface area contributed by atoms with E-state index in [1.807, 2.05) is 37.3 Å². The van der Waals surface area contributed by atoms with Crippen molar-refractivity contribution in [3.05, 3.63) is 59.9 Å². The monoisotopic (exact) mass is 373 g/mol. The van der Waals surface area contributed by atoms with Gasteiger partial charge in [-0.15, -0.1) is 5.10 Å². The number of benzene rings is 1. The van der Waals surface area contributed by atoms with Crippen molar-refractivity contribution in [2.45, 2.75) is 13.5 Å². The smallest absolute Gasteiger partial charge is 0.240 e. The lowest BCUT2D eigenvalue weighted by Gasteiger charge is -2.26. The van der Waals surface area contributed by atoms with Gasteiger partial charge >= 0.3 is 0 Å². The molecule has 1 aliphatic rings. The van der Waals surface area contributed by atoms with Gasteiger partial charge in [0.25, 0.3) is 0 Å². The first-order valence-electron chi connectivity index (χ1n) is 8.42. The van der Waals surface area contributed by atoms with Gasteiger partial charge in [-0.2, -0.15) is 4.98 Å². The molecule has 7 nitrogen and oxygen atoms in total. The van der Waals surface area contributed by atoms with Crippen molar-refractivity contribution in [2.24, 2.45) is 0 Å². The van der Waals surface area contributed by atoms with Crippen LogP contribution in [0.3, 0.4) is 0 Å². The van der Waals surface area contributed by atoms with Gasteiger partial charge in [-0.1, -0.05) is 36.9 Å². The van der Waals surface area contributed by atoms with E-state index in [0.717, 1.165) is 23.4 Å². The molecular formula is C18H23N5O2S. The van der Waals surface area contributed by atoms with Crippen LogP contribution in [0.25, 0.3) is 5.70 Å². The first kappa shape index (κ1) is 18.3. The van der Waals surface area contributed by atoms with Gasteiger partial charge in [0.15, 0.2) is 9.84 Å². The molecule has 1 fully saturated rings. The molecule has 1 aliphatic heterocycles. The Hall–Kier alpha value is -2.45. The minimum absolute atomic E-state index is 0.231. The van der Waals surface area contributed by atoms with E-state index in [9.17, 15) is 8.42 Å². The van der Waals surface area contributed by atoms with Gasteiger partial charge in [-0.3, -0.25) is 4.90 Å². The maximum absolute atomic E-state index is 11.5. The number of aromatic nitrogens is 3. The van der Waals surface area contributed by atoms with E-state index in [2.05, 4.69) is 21.6 Å². The van der Waals surface area contributed by atoms with Gasteiger partial charge in [0.1, 0.15) is 5.82 Å². The van der Waals surface area contributed by atoms with Gasteiger partial charge < -0.3 is 5.73 Å². The summed E-state index contributed by atoms with van der Waals surface area (Å²) < 4.78 is 24.8. The van der Waals surface area contributed by atoms with Crippen molar-refractivity contribution in [3.8, 4) is 0 Å². The lowest BCUT2D eigenvalue weighted by Crippen LogP contribution is -2.39. The molecule has 8 heteroatoms. The average Bonchev–Trinajstić information content (AvgIpc) is 2.93. The minimum Gasteiger partial charge on any atom is -0.366 e. The Morgan fingerprint density at radius 1 is 1.27 bits per heavy atom. The molecule has 1 saturated heterocycles. The summed E-state index contributed by atoms with van der Waals surface area (Å²) in [4.78, 5) is 6.31. The summed E-state index contributed by atoms with van der Waals surface area (Å²) in [6, 6.07) is 8.13. The van der Waals surface area contributed by atoms with E-state index in [-0.39, 0.29) is 17.5 Å². The Bertz CT molecular complexity index is 915. The van der Waals surface area contributed by atoms with Crippen LogP contribution in [0, 0.1) is 6.92 Å². The summed E-state index contributed by atoms with van der Waals surface area (Å²) in [5, 5.41) is 4.24. The molecule has 0 aliphatic carbocycles. The maximum atomic E-state index is 11.5. The first-order valence-corrected chi connectivity index (χ1v) is 10.2. The van der Waals surface area contributed by atoms with Gasteiger partial charge in [0.05, 0.1) is 17.2 Å². The number of nitrogens with zero attached hydrogens (tertiary/aromatic N) is 4. The molecule has 2 aromatic rings. The Labute approximate surface area is 153 Å². The second-order valence-electron chi connectivity index (χ2n) is 6.34. The molecule has 0 radical (unpaired) electrons. The summed E-state index contributed by atoms with van der Waals surface area (Å²) in [6.45, 7) is 7.53. The third-order valence-corrected chi connectivity index (χ3v) is 5.99. The maximum Gasteiger partial charge on any atom is 0.240 e. The Morgan fingerprint density at radius 3 is 2.46 bits per heavy atom. The Kier molecular flexibility index (Phi) is 5.24. The fourth-order valence-corrected chi connectivity index (χ4v) is 4.26. The molecule has 1 aromatic carbocycles. The molecule has 1 aromatic heterocycles. The predicted molar refractivity (Wildman–Crippen MR) is 103 cm³/mol. The van der Waals surface area contributed by atoms with Crippen LogP contribution in [0.1, 0.15) is 17.0 Å². The van der Waals surface area contributed by atoms with Crippen molar-refractivity contribution < 1.29 is 8.42 Å². The summed E-state index contributed by atoms with van der Waals surface area (Å²) in [5.74, 6) is 1.41. The highest BCUT2D eigenvalue weighted by Gasteiger charge is 2.21. The van der Waals surface area contributed by atoms with Gasteiger partial charge in [0, 0.05) is 25.2 Å². The van der Waals surface area contributed by atoms with E-state index >= 15 is 0 Å². The molecular weight excluding hydrogens is 350 g/mol. The van der Waals surface area contributed by atoms with Gasteiger partial charge in [-0.05, 0) is 18.6 Å². The largest absolute Gasteiger partial charge is 0.366 e. The van der Waals surface area contributed by atoms with Crippen LogP contribution in [0.5, 0.6) is 0 Å². The van der Waals surface area contributed by atoms with Crippen LogP contribution in [0.2, 0.25) is 0 Å². The highest BCUT2D eigenvalue weighted by atomic mass is 32.2.